The average molecular weight is 333 g/mol. The maximum Gasteiger partial charge on any atom is 0.258 e. The van der Waals surface area contributed by atoms with Crippen LogP contribution in [0.25, 0.3) is 0 Å². The van der Waals surface area contributed by atoms with Crippen molar-refractivity contribution in [1.29, 1.82) is 0 Å². The van der Waals surface area contributed by atoms with Crippen LogP contribution in [0.4, 0.5) is 0 Å². The highest BCUT2D eigenvalue weighted by molar-refractivity contribution is 7.98. The first-order valence-electron chi connectivity index (χ1n) is 8.45. The molecule has 0 unspecified atom stereocenters. The summed E-state index contributed by atoms with van der Waals surface area (Å²) in [4.78, 5) is 20.7. The molecular formula is C17H23N3O2S. The molecule has 1 aromatic heterocycles. The Hall–Kier alpha value is -1.30. The number of nitrogens with one attached hydrogen (secondary N) is 1. The molecular weight excluding hydrogens is 310 g/mol. The Morgan fingerprint density at radius 3 is 2.57 bits per heavy atom. The molecule has 124 valence electrons. The van der Waals surface area contributed by atoms with Crippen molar-refractivity contribution in [3.05, 3.63) is 12.3 Å². The molecule has 1 aromatic rings. The molecule has 0 atom stereocenters. The molecule has 1 N–H and O–H groups in total. The van der Waals surface area contributed by atoms with E-state index in [1.54, 1.807) is 12.3 Å². The number of nitrogens with zero attached hydrogens (tertiary/aromatic N) is 2. The quantitative estimate of drug-likeness (QED) is 0.663. The third-order valence-corrected chi connectivity index (χ3v) is 6.15. The maximum atomic E-state index is 12.4. The van der Waals surface area contributed by atoms with Gasteiger partial charge in [0.05, 0.1) is 0 Å². The van der Waals surface area contributed by atoms with Crippen molar-refractivity contribution in [2.75, 3.05) is 12.9 Å². The van der Waals surface area contributed by atoms with Crippen molar-refractivity contribution in [3.8, 4) is 5.88 Å². The molecule has 5 rings (SSSR count). The third-order valence-electron chi connectivity index (χ3n) is 5.58. The zero-order valence-electron chi connectivity index (χ0n) is 13.5. The minimum Gasteiger partial charge on any atom is -0.467 e. The maximum absolute atomic E-state index is 12.4. The second-order valence-corrected chi connectivity index (χ2v) is 8.19. The second-order valence-electron chi connectivity index (χ2n) is 7.42. The summed E-state index contributed by atoms with van der Waals surface area (Å²) in [5.74, 6) is 2.93. The molecule has 0 aliphatic heterocycles. The topological polar surface area (TPSA) is 64.1 Å². The second kappa shape index (κ2) is 5.96. The highest BCUT2D eigenvalue weighted by Gasteiger charge is 2.51. The Morgan fingerprint density at radius 1 is 1.30 bits per heavy atom. The molecule has 1 heterocycles. The van der Waals surface area contributed by atoms with E-state index in [2.05, 4.69) is 15.3 Å². The molecule has 4 fully saturated rings. The molecule has 6 heteroatoms. The normalized spacial score (nSPS) is 34.4. The molecule has 23 heavy (non-hydrogen) atoms. The number of ether oxygens (including phenoxy) is 1. The Morgan fingerprint density at radius 2 is 1.96 bits per heavy atom. The van der Waals surface area contributed by atoms with Gasteiger partial charge < -0.3 is 10.1 Å². The van der Waals surface area contributed by atoms with Crippen molar-refractivity contribution in [2.24, 2.45) is 17.8 Å². The summed E-state index contributed by atoms with van der Waals surface area (Å²) < 4.78 is 5.55. The first-order valence-corrected chi connectivity index (χ1v) is 9.67. The SMILES string of the molecule is CSc1nccc(OCC(=O)NC23CC4CC(CC(C4)C2)C3)n1. The molecule has 5 nitrogen and oxygen atoms in total. The third kappa shape index (κ3) is 3.18. The van der Waals surface area contributed by atoms with Crippen LogP contribution < -0.4 is 10.1 Å². The molecule has 0 aromatic carbocycles. The van der Waals surface area contributed by atoms with E-state index < -0.39 is 0 Å². The summed E-state index contributed by atoms with van der Waals surface area (Å²) in [7, 11) is 0. The Kier molecular flexibility index (Phi) is 3.95. The summed E-state index contributed by atoms with van der Waals surface area (Å²) in [6.45, 7) is 0.0343. The highest BCUT2D eigenvalue weighted by atomic mass is 32.2. The van der Waals surface area contributed by atoms with Crippen LogP contribution in [0.5, 0.6) is 5.88 Å². The van der Waals surface area contributed by atoms with E-state index in [0.717, 1.165) is 37.0 Å². The summed E-state index contributed by atoms with van der Waals surface area (Å²) in [6.07, 6.45) is 11.2. The summed E-state index contributed by atoms with van der Waals surface area (Å²) in [6, 6.07) is 1.69. The highest BCUT2D eigenvalue weighted by Crippen LogP contribution is 2.55. The minimum absolute atomic E-state index is 0.0173. The van der Waals surface area contributed by atoms with Gasteiger partial charge in [-0.25, -0.2) is 4.98 Å². The standard InChI is InChI=1S/C17H23N3O2S/c1-23-16-18-3-2-15(19-16)22-10-14(21)20-17-7-11-4-12(8-17)6-13(5-11)9-17/h2-3,11-13H,4-10H2,1H3,(H,20,21). The average Bonchev–Trinajstić information content (AvgIpc) is 2.51. The number of carbonyl (C=O) groups excluding carboxylic acids is 1. The summed E-state index contributed by atoms with van der Waals surface area (Å²) >= 11 is 1.46. The number of aromatic nitrogens is 2. The number of thioether (sulfide) groups is 1. The van der Waals surface area contributed by atoms with Crippen molar-refractivity contribution in [3.63, 3.8) is 0 Å². The summed E-state index contributed by atoms with van der Waals surface area (Å²) in [5.41, 5.74) is 0.0469. The van der Waals surface area contributed by atoms with Gasteiger partial charge in [-0.1, -0.05) is 11.8 Å². The fourth-order valence-corrected chi connectivity index (χ4v) is 5.59. The van der Waals surface area contributed by atoms with Gasteiger partial charge >= 0.3 is 0 Å². The number of hydrogen-bond acceptors (Lipinski definition) is 5. The van der Waals surface area contributed by atoms with Gasteiger partial charge in [-0.15, -0.1) is 0 Å². The van der Waals surface area contributed by atoms with E-state index in [9.17, 15) is 4.79 Å². The lowest BCUT2D eigenvalue weighted by Crippen LogP contribution is -2.60. The van der Waals surface area contributed by atoms with Crippen LogP contribution in [0.15, 0.2) is 17.4 Å². The van der Waals surface area contributed by atoms with Crippen LogP contribution in [0.1, 0.15) is 38.5 Å². The molecule has 1 amide bonds. The number of hydrogen-bond donors (Lipinski definition) is 1. The van der Waals surface area contributed by atoms with Crippen molar-refractivity contribution < 1.29 is 9.53 Å². The fraction of sp³-hybridized carbons (Fsp3) is 0.706. The lowest BCUT2D eigenvalue weighted by Gasteiger charge is -2.56. The van der Waals surface area contributed by atoms with Gasteiger partial charge in [0, 0.05) is 17.8 Å². The molecule has 4 aliphatic carbocycles. The van der Waals surface area contributed by atoms with Gasteiger partial charge in [-0.3, -0.25) is 4.79 Å². The first-order chi connectivity index (χ1) is 11.1. The van der Waals surface area contributed by atoms with Crippen LogP contribution in [-0.4, -0.2) is 34.3 Å². The van der Waals surface area contributed by atoms with E-state index in [0.29, 0.717) is 11.0 Å². The van der Waals surface area contributed by atoms with Gasteiger partial charge in [0.15, 0.2) is 11.8 Å². The molecule has 4 aliphatic rings. The van der Waals surface area contributed by atoms with Crippen molar-refractivity contribution in [1.82, 2.24) is 15.3 Å². The molecule has 0 saturated heterocycles. The van der Waals surface area contributed by atoms with Gasteiger partial charge in [0.1, 0.15) is 0 Å². The smallest absolute Gasteiger partial charge is 0.258 e. The number of carbonyl (C=O) groups is 1. The zero-order valence-corrected chi connectivity index (χ0v) is 14.3. The van der Waals surface area contributed by atoms with Crippen LogP contribution in [0.2, 0.25) is 0 Å². The van der Waals surface area contributed by atoms with E-state index >= 15 is 0 Å². The Labute approximate surface area is 141 Å². The van der Waals surface area contributed by atoms with E-state index in [1.165, 1.54) is 31.0 Å². The van der Waals surface area contributed by atoms with Crippen LogP contribution in [0.3, 0.4) is 0 Å². The minimum atomic E-state index is -0.0173. The zero-order chi connectivity index (χ0) is 15.9. The van der Waals surface area contributed by atoms with Gasteiger partial charge in [0.2, 0.25) is 5.88 Å². The lowest BCUT2D eigenvalue weighted by atomic mass is 9.53. The molecule has 0 radical (unpaired) electrons. The fourth-order valence-electron chi connectivity index (χ4n) is 5.24. The predicted molar refractivity (Wildman–Crippen MR) is 88.4 cm³/mol. The number of rotatable bonds is 5. The van der Waals surface area contributed by atoms with Gasteiger partial charge in [0.25, 0.3) is 5.91 Å². The molecule has 4 bridgehead atoms. The van der Waals surface area contributed by atoms with E-state index in [-0.39, 0.29) is 18.1 Å². The molecule has 4 saturated carbocycles. The largest absolute Gasteiger partial charge is 0.467 e. The lowest BCUT2D eigenvalue weighted by molar-refractivity contribution is -0.128. The van der Waals surface area contributed by atoms with Crippen LogP contribution in [-0.2, 0) is 4.79 Å². The monoisotopic (exact) mass is 333 g/mol. The Balaban J connectivity index is 1.35. The summed E-state index contributed by atoms with van der Waals surface area (Å²) in [5, 5.41) is 3.97. The predicted octanol–water partition coefficient (Wildman–Crippen LogP) is 2.66. The van der Waals surface area contributed by atoms with Crippen LogP contribution >= 0.6 is 11.8 Å². The molecule has 0 spiro atoms. The Bertz CT molecular complexity index is 572. The van der Waals surface area contributed by atoms with Crippen molar-refractivity contribution >= 4 is 17.7 Å². The number of amides is 1. The van der Waals surface area contributed by atoms with Crippen molar-refractivity contribution in [2.45, 2.75) is 49.2 Å². The van der Waals surface area contributed by atoms with Gasteiger partial charge in [-0.2, -0.15) is 4.98 Å². The van der Waals surface area contributed by atoms with Gasteiger partial charge in [-0.05, 0) is 62.5 Å². The van der Waals surface area contributed by atoms with Crippen LogP contribution in [0, 0.1) is 17.8 Å². The first kappa shape index (κ1) is 15.2. The van der Waals surface area contributed by atoms with E-state index in [1.807, 2.05) is 6.26 Å². The van der Waals surface area contributed by atoms with E-state index in [4.69, 9.17) is 4.74 Å².